The Morgan fingerprint density at radius 1 is 1.12 bits per heavy atom. The van der Waals surface area contributed by atoms with Crippen LogP contribution in [0.5, 0.6) is 0 Å². The Morgan fingerprint density at radius 2 is 1.94 bits per heavy atom. The third-order valence-electron chi connectivity index (χ3n) is 5.97. The van der Waals surface area contributed by atoms with E-state index in [1.165, 1.54) is 4.90 Å². The number of nitrogens with zero attached hydrogens (tertiary/aromatic N) is 3. The molecule has 3 aromatic rings. The number of hydrogen-bond donors (Lipinski definition) is 2. The number of imide groups is 1. The van der Waals surface area contributed by atoms with Crippen LogP contribution in [-0.4, -0.2) is 44.1 Å². The number of piperidine rings is 1. The molecule has 1 saturated heterocycles. The van der Waals surface area contributed by atoms with Gasteiger partial charge in [0.25, 0.3) is 11.8 Å². The molecule has 0 aliphatic carbocycles. The van der Waals surface area contributed by atoms with Gasteiger partial charge in [-0.05, 0) is 47.9 Å². The Bertz CT molecular complexity index is 1250. The van der Waals surface area contributed by atoms with Crippen molar-refractivity contribution >= 4 is 23.6 Å². The molecule has 0 bridgehead atoms. The van der Waals surface area contributed by atoms with Gasteiger partial charge in [0, 0.05) is 48.7 Å². The molecular weight excluding hydrogens is 422 g/mol. The van der Waals surface area contributed by atoms with E-state index in [4.69, 9.17) is 0 Å². The lowest BCUT2D eigenvalue weighted by atomic mass is 10.0. The first kappa shape index (κ1) is 20.6. The smallest absolute Gasteiger partial charge is 0.255 e. The Kier molecular flexibility index (Phi) is 5.21. The Hall–Kier alpha value is -4.27. The van der Waals surface area contributed by atoms with Gasteiger partial charge in [-0.15, -0.1) is 0 Å². The highest BCUT2D eigenvalue weighted by Crippen LogP contribution is 2.28. The van der Waals surface area contributed by atoms with Crippen LogP contribution in [0.1, 0.15) is 44.7 Å². The van der Waals surface area contributed by atoms with Crippen LogP contribution >= 0.6 is 0 Å². The summed E-state index contributed by atoms with van der Waals surface area (Å²) < 4.78 is 1.85. The molecule has 2 N–H and O–H groups in total. The lowest BCUT2D eigenvalue weighted by Crippen LogP contribution is -2.52. The highest BCUT2D eigenvalue weighted by atomic mass is 16.2. The summed E-state index contributed by atoms with van der Waals surface area (Å²) in [5.41, 5.74) is 3.66. The van der Waals surface area contributed by atoms with Gasteiger partial charge in [0.1, 0.15) is 6.04 Å². The van der Waals surface area contributed by atoms with Gasteiger partial charge in [0.15, 0.2) is 0 Å². The molecule has 9 heteroatoms. The van der Waals surface area contributed by atoms with Crippen molar-refractivity contribution in [1.29, 1.82) is 0 Å². The number of imidazole rings is 1. The Balaban J connectivity index is 1.23. The second-order valence-electron chi connectivity index (χ2n) is 8.09. The summed E-state index contributed by atoms with van der Waals surface area (Å²) in [6.07, 6.45) is 5.75. The second kappa shape index (κ2) is 8.34. The molecule has 2 aliphatic rings. The summed E-state index contributed by atoms with van der Waals surface area (Å²) in [6.45, 7) is 0.611. The van der Waals surface area contributed by atoms with E-state index in [0.717, 1.165) is 16.8 Å². The number of amides is 4. The quantitative estimate of drug-likeness (QED) is 0.581. The molecular formula is C24H21N5O4. The first-order valence-corrected chi connectivity index (χ1v) is 10.6. The zero-order chi connectivity index (χ0) is 22.9. The minimum Gasteiger partial charge on any atom is -0.348 e. The molecule has 5 rings (SSSR count). The van der Waals surface area contributed by atoms with Crippen LogP contribution in [0.3, 0.4) is 0 Å². The number of hydrogen-bond acceptors (Lipinski definition) is 5. The lowest BCUT2D eigenvalue weighted by Gasteiger charge is -2.29. The van der Waals surface area contributed by atoms with Crippen LogP contribution in [0.25, 0.3) is 5.69 Å². The van der Waals surface area contributed by atoms with Gasteiger partial charge in [-0.1, -0.05) is 12.1 Å². The third kappa shape index (κ3) is 4.00. The van der Waals surface area contributed by atoms with E-state index in [9.17, 15) is 19.2 Å². The van der Waals surface area contributed by atoms with E-state index in [2.05, 4.69) is 15.6 Å². The Morgan fingerprint density at radius 3 is 2.67 bits per heavy atom. The Labute approximate surface area is 189 Å². The van der Waals surface area contributed by atoms with Crippen molar-refractivity contribution < 1.29 is 19.2 Å². The largest absolute Gasteiger partial charge is 0.348 e. The minimum atomic E-state index is -0.643. The molecule has 2 aliphatic heterocycles. The summed E-state index contributed by atoms with van der Waals surface area (Å²) in [5.74, 6) is -1.16. The van der Waals surface area contributed by atoms with Crippen LogP contribution in [0, 0.1) is 0 Å². The highest BCUT2D eigenvalue weighted by molar-refractivity contribution is 6.05. The van der Waals surface area contributed by atoms with E-state index in [1.807, 2.05) is 29.0 Å². The molecule has 166 valence electrons. The predicted molar refractivity (Wildman–Crippen MR) is 117 cm³/mol. The fraction of sp³-hybridized carbons (Fsp3) is 0.208. The van der Waals surface area contributed by atoms with Crippen LogP contribution in [0.2, 0.25) is 0 Å². The number of rotatable bonds is 5. The van der Waals surface area contributed by atoms with Crippen molar-refractivity contribution in [2.45, 2.75) is 32.0 Å². The van der Waals surface area contributed by atoms with Crippen LogP contribution < -0.4 is 10.6 Å². The lowest BCUT2D eigenvalue weighted by molar-refractivity contribution is -0.136. The minimum absolute atomic E-state index is 0.200. The van der Waals surface area contributed by atoms with Gasteiger partial charge in [0.05, 0.1) is 6.33 Å². The number of benzene rings is 2. The van der Waals surface area contributed by atoms with Crippen molar-refractivity contribution in [3.05, 3.63) is 83.4 Å². The van der Waals surface area contributed by atoms with Crippen LogP contribution in [0.15, 0.2) is 61.2 Å². The molecule has 3 heterocycles. The number of fused-ring (bicyclic) bond motifs is 1. The summed E-state index contributed by atoms with van der Waals surface area (Å²) in [7, 11) is 0. The maximum absolute atomic E-state index is 12.8. The van der Waals surface area contributed by atoms with Gasteiger partial charge in [0.2, 0.25) is 11.8 Å². The average Bonchev–Trinajstić information content (AvgIpc) is 3.46. The first-order valence-electron chi connectivity index (χ1n) is 10.6. The molecule has 2 aromatic carbocycles. The summed E-state index contributed by atoms with van der Waals surface area (Å²) >= 11 is 0. The van der Waals surface area contributed by atoms with Gasteiger partial charge in [-0.3, -0.25) is 24.5 Å². The summed E-state index contributed by atoms with van der Waals surface area (Å²) in [6, 6.07) is 12.0. The molecule has 0 saturated carbocycles. The van der Waals surface area contributed by atoms with E-state index in [-0.39, 0.29) is 24.1 Å². The molecule has 9 nitrogen and oxygen atoms in total. The van der Waals surface area contributed by atoms with Gasteiger partial charge in [-0.25, -0.2) is 4.98 Å². The average molecular weight is 443 g/mol. The van der Waals surface area contributed by atoms with E-state index in [1.54, 1.807) is 36.8 Å². The molecule has 1 fully saturated rings. The monoisotopic (exact) mass is 443 g/mol. The van der Waals surface area contributed by atoms with E-state index < -0.39 is 11.9 Å². The third-order valence-corrected chi connectivity index (χ3v) is 5.97. The van der Waals surface area contributed by atoms with Gasteiger partial charge < -0.3 is 14.8 Å². The summed E-state index contributed by atoms with van der Waals surface area (Å²) in [5, 5.41) is 5.20. The van der Waals surface area contributed by atoms with Gasteiger partial charge in [-0.2, -0.15) is 0 Å². The first-order chi connectivity index (χ1) is 16.0. The summed E-state index contributed by atoms with van der Waals surface area (Å²) in [4.78, 5) is 54.4. The number of carbonyl (C=O) groups is 4. The topological polar surface area (TPSA) is 113 Å². The maximum Gasteiger partial charge on any atom is 0.255 e. The molecule has 0 radical (unpaired) electrons. The molecule has 1 aromatic heterocycles. The molecule has 33 heavy (non-hydrogen) atoms. The highest BCUT2D eigenvalue weighted by Gasteiger charge is 2.39. The van der Waals surface area contributed by atoms with Crippen molar-refractivity contribution in [3.8, 4) is 5.69 Å². The number of aromatic nitrogens is 2. The standard InChI is InChI=1S/C24H21N5O4/c30-21-8-7-20(23(32)27-21)29-13-17-11-15(1-6-19(17)24(29)33)12-26-22(31)16-2-4-18(5-3-16)28-10-9-25-14-28/h1-6,9-11,14,20H,7-8,12-13H2,(H,26,31)(H,27,30,32). The maximum atomic E-state index is 12.8. The molecule has 4 amide bonds. The fourth-order valence-corrected chi connectivity index (χ4v) is 4.22. The zero-order valence-corrected chi connectivity index (χ0v) is 17.7. The molecule has 0 spiro atoms. The molecule has 1 unspecified atom stereocenters. The van der Waals surface area contributed by atoms with Crippen molar-refractivity contribution in [1.82, 2.24) is 25.1 Å². The SMILES string of the molecule is O=C1CCC(N2Cc3cc(CNC(=O)c4ccc(-n5ccnc5)cc4)ccc3C2=O)C(=O)N1. The number of carbonyl (C=O) groups excluding carboxylic acids is 4. The fourth-order valence-electron chi connectivity index (χ4n) is 4.22. The zero-order valence-electron chi connectivity index (χ0n) is 17.7. The van der Waals surface area contributed by atoms with Crippen LogP contribution in [0.4, 0.5) is 0 Å². The van der Waals surface area contributed by atoms with Crippen molar-refractivity contribution in [2.24, 2.45) is 0 Å². The molecule has 1 atom stereocenters. The van der Waals surface area contributed by atoms with E-state index >= 15 is 0 Å². The van der Waals surface area contributed by atoms with Crippen molar-refractivity contribution in [3.63, 3.8) is 0 Å². The normalized spacial score (nSPS) is 17.6. The van der Waals surface area contributed by atoms with Gasteiger partial charge >= 0.3 is 0 Å². The van der Waals surface area contributed by atoms with E-state index in [0.29, 0.717) is 30.6 Å². The predicted octanol–water partition coefficient (Wildman–Crippen LogP) is 1.56. The number of nitrogens with one attached hydrogen (secondary N) is 2. The van der Waals surface area contributed by atoms with Crippen LogP contribution in [-0.2, 0) is 22.7 Å². The second-order valence-corrected chi connectivity index (χ2v) is 8.09. The van der Waals surface area contributed by atoms with Crippen molar-refractivity contribution in [2.75, 3.05) is 0 Å².